The van der Waals surface area contributed by atoms with Crippen LogP contribution in [0.3, 0.4) is 0 Å². The van der Waals surface area contributed by atoms with Gasteiger partial charge in [0.2, 0.25) is 0 Å². The highest BCUT2D eigenvalue weighted by Gasteiger charge is 2.49. The molecule has 0 amide bonds. The lowest BCUT2D eigenvalue weighted by atomic mass is 9.78. The number of piperidine rings is 1. The number of nitrogens with zero attached hydrogens (tertiary/aromatic N) is 4. The molecule has 1 aromatic carbocycles. The zero-order valence-corrected chi connectivity index (χ0v) is 19.6. The zero-order chi connectivity index (χ0) is 22.0. The van der Waals surface area contributed by atoms with E-state index in [0.717, 1.165) is 30.7 Å². The van der Waals surface area contributed by atoms with Crippen LogP contribution in [0.5, 0.6) is 5.75 Å². The molecule has 0 radical (unpaired) electrons. The third kappa shape index (κ3) is 4.59. The molecule has 5 rings (SSSR count). The number of hydrogen-bond donors (Lipinski definition) is 0. The normalized spacial score (nSPS) is 23.4. The van der Waals surface area contributed by atoms with Gasteiger partial charge in [0, 0.05) is 31.7 Å². The molecule has 2 aliphatic heterocycles. The van der Waals surface area contributed by atoms with E-state index < -0.39 is 0 Å². The largest absolute Gasteiger partial charge is 0.491 e. The number of aromatic nitrogens is 2. The number of benzene rings is 1. The average molecular weight is 457 g/mol. The number of para-hydroxylation sites is 1. The number of halogens is 1. The Kier molecular flexibility index (Phi) is 6.54. The first-order valence-corrected chi connectivity index (χ1v) is 12.2. The van der Waals surface area contributed by atoms with Gasteiger partial charge in [-0.3, -0.25) is 0 Å². The summed E-state index contributed by atoms with van der Waals surface area (Å²) in [5.74, 6) is 2.57. The molecule has 0 bridgehead atoms. The predicted molar refractivity (Wildman–Crippen MR) is 127 cm³/mol. The Morgan fingerprint density at radius 3 is 2.59 bits per heavy atom. The summed E-state index contributed by atoms with van der Waals surface area (Å²) < 4.78 is 11.1. The zero-order valence-electron chi connectivity index (χ0n) is 18.9. The standard InChI is InChI=1S/C25H33ClN4O2/c1-31-14-15-32-22-5-3-2-4-21(22)19-9-12-29(13-10-19)20-8-11-25(16-20)17-30(18-25)24-7-6-23(26)27-28-24/h2-7,19-20H,8-18H2,1H3. The number of anilines is 1. The van der Waals surface area contributed by atoms with Gasteiger partial charge in [-0.1, -0.05) is 29.8 Å². The Bertz CT molecular complexity index is 895. The van der Waals surface area contributed by atoms with Crippen LogP contribution in [0, 0.1) is 5.41 Å². The molecule has 2 aromatic rings. The van der Waals surface area contributed by atoms with Gasteiger partial charge in [-0.2, -0.15) is 0 Å². The third-order valence-electron chi connectivity index (χ3n) is 7.62. The van der Waals surface area contributed by atoms with Crippen LogP contribution in [0.25, 0.3) is 0 Å². The Morgan fingerprint density at radius 2 is 1.84 bits per heavy atom. The van der Waals surface area contributed by atoms with E-state index in [1.807, 2.05) is 12.1 Å². The molecule has 1 spiro atoms. The maximum absolute atomic E-state index is 6.00. The molecule has 1 unspecified atom stereocenters. The van der Waals surface area contributed by atoms with Crippen LogP contribution in [-0.4, -0.2) is 67.6 Å². The van der Waals surface area contributed by atoms with Gasteiger partial charge >= 0.3 is 0 Å². The van der Waals surface area contributed by atoms with Crippen LogP contribution < -0.4 is 9.64 Å². The summed E-state index contributed by atoms with van der Waals surface area (Å²) in [4.78, 5) is 5.10. The van der Waals surface area contributed by atoms with Crippen molar-refractivity contribution >= 4 is 17.4 Å². The fourth-order valence-electron chi connectivity index (χ4n) is 5.94. The second-order valence-electron chi connectivity index (χ2n) is 9.66. The molecular formula is C25H33ClN4O2. The lowest BCUT2D eigenvalue weighted by molar-refractivity contribution is 0.129. The van der Waals surface area contributed by atoms with Crippen LogP contribution in [0.15, 0.2) is 36.4 Å². The van der Waals surface area contributed by atoms with Crippen molar-refractivity contribution in [1.82, 2.24) is 15.1 Å². The molecule has 2 saturated heterocycles. The molecule has 3 fully saturated rings. The van der Waals surface area contributed by atoms with E-state index in [0.29, 0.717) is 29.7 Å². The Hall–Kier alpha value is -1.89. The van der Waals surface area contributed by atoms with E-state index in [4.69, 9.17) is 21.1 Å². The molecule has 3 aliphatic rings. The Balaban J connectivity index is 1.13. The summed E-state index contributed by atoms with van der Waals surface area (Å²) in [5.41, 5.74) is 1.83. The summed E-state index contributed by atoms with van der Waals surface area (Å²) in [6, 6.07) is 13.1. The minimum atomic E-state index is 0.456. The average Bonchev–Trinajstić information content (AvgIpc) is 3.26. The minimum Gasteiger partial charge on any atom is -0.491 e. The summed E-state index contributed by atoms with van der Waals surface area (Å²) in [6.45, 7) is 5.80. The fourth-order valence-corrected chi connectivity index (χ4v) is 6.04. The summed E-state index contributed by atoms with van der Waals surface area (Å²) in [7, 11) is 1.71. The molecular weight excluding hydrogens is 424 g/mol. The van der Waals surface area contributed by atoms with Crippen molar-refractivity contribution in [3.8, 4) is 5.75 Å². The van der Waals surface area contributed by atoms with E-state index in [2.05, 4.69) is 44.3 Å². The highest BCUT2D eigenvalue weighted by atomic mass is 35.5. The van der Waals surface area contributed by atoms with E-state index in [9.17, 15) is 0 Å². The van der Waals surface area contributed by atoms with Gasteiger partial charge in [-0.05, 0) is 74.9 Å². The first-order valence-electron chi connectivity index (χ1n) is 11.8. The molecule has 1 aliphatic carbocycles. The van der Waals surface area contributed by atoms with Crippen molar-refractivity contribution in [3.05, 3.63) is 47.1 Å². The number of likely N-dealkylation sites (tertiary alicyclic amines) is 1. The van der Waals surface area contributed by atoms with Crippen LogP contribution in [0.4, 0.5) is 5.82 Å². The number of hydrogen-bond acceptors (Lipinski definition) is 6. The smallest absolute Gasteiger partial charge is 0.151 e. The molecule has 1 saturated carbocycles. The van der Waals surface area contributed by atoms with Crippen molar-refractivity contribution in [3.63, 3.8) is 0 Å². The van der Waals surface area contributed by atoms with Gasteiger partial charge in [0.15, 0.2) is 11.0 Å². The van der Waals surface area contributed by atoms with E-state index in [1.54, 1.807) is 7.11 Å². The van der Waals surface area contributed by atoms with Crippen molar-refractivity contribution in [2.45, 2.75) is 44.1 Å². The SMILES string of the molecule is COCCOc1ccccc1C1CCN(C2CCC3(C2)CN(c2ccc(Cl)nn2)C3)CC1. The number of ether oxygens (including phenoxy) is 2. The van der Waals surface area contributed by atoms with E-state index >= 15 is 0 Å². The van der Waals surface area contributed by atoms with Crippen LogP contribution in [0.1, 0.15) is 43.6 Å². The lowest BCUT2D eigenvalue weighted by Crippen LogP contribution is -2.56. The highest BCUT2D eigenvalue weighted by Crippen LogP contribution is 2.49. The molecule has 6 nitrogen and oxygen atoms in total. The van der Waals surface area contributed by atoms with Crippen LogP contribution in [-0.2, 0) is 4.74 Å². The summed E-state index contributed by atoms with van der Waals surface area (Å²) in [6.07, 6.45) is 6.37. The third-order valence-corrected chi connectivity index (χ3v) is 7.82. The monoisotopic (exact) mass is 456 g/mol. The quantitative estimate of drug-likeness (QED) is 0.576. The minimum absolute atomic E-state index is 0.456. The van der Waals surface area contributed by atoms with Crippen molar-refractivity contribution in [1.29, 1.82) is 0 Å². The first-order chi connectivity index (χ1) is 15.7. The van der Waals surface area contributed by atoms with E-state index in [-0.39, 0.29) is 0 Å². The van der Waals surface area contributed by atoms with Gasteiger partial charge in [-0.25, -0.2) is 0 Å². The van der Waals surface area contributed by atoms with Crippen LogP contribution >= 0.6 is 11.6 Å². The van der Waals surface area contributed by atoms with Crippen molar-refractivity contribution < 1.29 is 9.47 Å². The second kappa shape index (κ2) is 9.54. The molecule has 32 heavy (non-hydrogen) atoms. The first kappa shape index (κ1) is 21.9. The van der Waals surface area contributed by atoms with Gasteiger partial charge in [0.1, 0.15) is 12.4 Å². The highest BCUT2D eigenvalue weighted by molar-refractivity contribution is 6.29. The molecule has 1 aromatic heterocycles. The van der Waals surface area contributed by atoms with Gasteiger partial charge < -0.3 is 19.3 Å². The maximum Gasteiger partial charge on any atom is 0.151 e. The van der Waals surface area contributed by atoms with E-state index in [1.165, 1.54) is 50.8 Å². The van der Waals surface area contributed by atoms with Crippen molar-refractivity contribution in [2.24, 2.45) is 5.41 Å². The fraction of sp³-hybridized carbons (Fsp3) is 0.600. The molecule has 0 N–H and O–H groups in total. The Morgan fingerprint density at radius 1 is 1.03 bits per heavy atom. The van der Waals surface area contributed by atoms with Gasteiger partial charge in [0.25, 0.3) is 0 Å². The predicted octanol–water partition coefficient (Wildman–Crippen LogP) is 4.39. The Labute approximate surface area is 195 Å². The van der Waals surface area contributed by atoms with Gasteiger partial charge in [0.05, 0.1) is 6.61 Å². The topological polar surface area (TPSA) is 50.7 Å². The summed E-state index contributed by atoms with van der Waals surface area (Å²) >= 11 is 5.88. The second-order valence-corrected chi connectivity index (χ2v) is 10.0. The molecule has 172 valence electrons. The number of rotatable bonds is 7. The van der Waals surface area contributed by atoms with Gasteiger partial charge in [-0.15, -0.1) is 10.2 Å². The lowest BCUT2D eigenvalue weighted by Gasteiger charge is -2.49. The van der Waals surface area contributed by atoms with Crippen LogP contribution in [0.2, 0.25) is 5.15 Å². The molecule has 7 heteroatoms. The molecule has 1 atom stereocenters. The summed E-state index contributed by atoms with van der Waals surface area (Å²) in [5, 5.41) is 8.70. The molecule has 3 heterocycles. The number of methoxy groups -OCH3 is 1. The maximum atomic E-state index is 6.00. The van der Waals surface area contributed by atoms with Crippen molar-refractivity contribution in [2.75, 3.05) is 51.4 Å².